The molecule has 0 heterocycles. The van der Waals surface area contributed by atoms with Gasteiger partial charge in [0, 0.05) is 30.4 Å². The van der Waals surface area contributed by atoms with Gasteiger partial charge in [-0.2, -0.15) is 4.99 Å². The Bertz CT molecular complexity index is 1030. The number of nitrogens with zero attached hydrogens (tertiary/aromatic N) is 1. The van der Waals surface area contributed by atoms with E-state index >= 15 is 0 Å². The molecule has 0 radical (unpaired) electrons. The minimum absolute atomic E-state index is 0.127. The Labute approximate surface area is 190 Å². The van der Waals surface area contributed by atoms with Crippen molar-refractivity contribution in [1.82, 2.24) is 0 Å². The SMILES string of the molecule is NC(=O)CC(CC(=O)CCCOc1ccc(C(=O)c2ccc(N=C=S)cc2)cc1)C(=O)O. The number of ketones is 2. The molecule has 0 aliphatic rings. The van der Waals surface area contributed by atoms with Gasteiger partial charge in [0.25, 0.3) is 0 Å². The first-order valence-corrected chi connectivity index (χ1v) is 10.2. The van der Waals surface area contributed by atoms with Gasteiger partial charge < -0.3 is 15.6 Å². The second kappa shape index (κ2) is 12.2. The molecule has 0 spiro atoms. The topological polar surface area (TPSA) is 136 Å². The normalized spacial score (nSPS) is 11.1. The molecule has 9 heteroatoms. The maximum Gasteiger partial charge on any atom is 0.307 e. The molecule has 2 aromatic rings. The number of aliphatic imine (C=N–C) groups is 1. The van der Waals surface area contributed by atoms with E-state index in [4.69, 9.17) is 15.6 Å². The van der Waals surface area contributed by atoms with Crippen LogP contribution in [-0.2, 0) is 14.4 Å². The van der Waals surface area contributed by atoms with Crippen molar-refractivity contribution in [3.63, 3.8) is 0 Å². The molecule has 1 unspecified atom stereocenters. The van der Waals surface area contributed by atoms with E-state index in [9.17, 15) is 19.2 Å². The smallest absolute Gasteiger partial charge is 0.307 e. The number of carboxylic acids is 1. The summed E-state index contributed by atoms with van der Waals surface area (Å²) in [6, 6.07) is 13.3. The first-order chi connectivity index (χ1) is 15.3. The summed E-state index contributed by atoms with van der Waals surface area (Å²) in [6.07, 6.45) is -0.0941. The lowest BCUT2D eigenvalue weighted by Gasteiger charge is -2.10. The van der Waals surface area contributed by atoms with Crippen LogP contribution in [-0.4, -0.2) is 40.3 Å². The molecule has 0 aliphatic heterocycles. The van der Waals surface area contributed by atoms with Crippen LogP contribution in [0.5, 0.6) is 5.75 Å². The molecule has 2 rings (SSSR count). The fourth-order valence-electron chi connectivity index (χ4n) is 2.94. The monoisotopic (exact) mass is 454 g/mol. The molecule has 3 N–H and O–H groups in total. The summed E-state index contributed by atoms with van der Waals surface area (Å²) in [5.74, 6) is -2.96. The standard InChI is InChI=1S/C23H22N2O6S/c24-21(27)13-17(23(29)30)12-19(26)2-1-11-31-20-9-5-16(6-10-20)22(28)15-3-7-18(8-4-15)25-14-32/h3-10,17H,1-2,11-13H2,(H2,24,27)(H,29,30). The molecule has 1 atom stereocenters. The molecule has 0 saturated carbocycles. The van der Waals surface area contributed by atoms with E-state index in [1.807, 2.05) is 0 Å². The molecule has 166 valence electrons. The Morgan fingerprint density at radius 2 is 1.59 bits per heavy atom. The molecule has 0 fully saturated rings. The van der Waals surface area contributed by atoms with Gasteiger partial charge in [0.1, 0.15) is 11.5 Å². The Morgan fingerprint density at radius 1 is 1.00 bits per heavy atom. The van der Waals surface area contributed by atoms with E-state index in [1.165, 1.54) is 0 Å². The zero-order chi connectivity index (χ0) is 23.5. The first-order valence-electron chi connectivity index (χ1n) is 9.78. The molecule has 0 aromatic heterocycles. The summed E-state index contributed by atoms with van der Waals surface area (Å²) in [5, 5.41) is 11.3. The number of aliphatic carboxylic acids is 1. The molecule has 0 aliphatic carbocycles. The van der Waals surface area contributed by atoms with Gasteiger partial charge in [0.05, 0.1) is 23.4 Å². The van der Waals surface area contributed by atoms with Gasteiger partial charge in [-0.25, -0.2) is 0 Å². The number of thiocarbonyl (C=S) groups is 1. The third kappa shape index (κ3) is 7.86. The van der Waals surface area contributed by atoms with Crippen LogP contribution in [0.25, 0.3) is 0 Å². The predicted molar refractivity (Wildman–Crippen MR) is 120 cm³/mol. The summed E-state index contributed by atoms with van der Waals surface area (Å²) >= 11 is 4.55. The molecule has 0 bridgehead atoms. The van der Waals surface area contributed by atoms with Gasteiger partial charge in [0.15, 0.2) is 5.78 Å². The number of nitrogens with two attached hydrogens (primary N) is 1. The van der Waals surface area contributed by atoms with Gasteiger partial charge >= 0.3 is 5.97 Å². The van der Waals surface area contributed by atoms with E-state index in [0.29, 0.717) is 29.0 Å². The summed E-state index contributed by atoms with van der Waals surface area (Å²) in [6.45, 7) is 0.244. The van der Waals surface area contributed by atoms with Gasteiger partial charge in [-0.1, -0.05) is 0 Å². The quantitative estimate of drug-likeness (QED) is 0.205. The zero-order valence-corrected chi connectivity index (χ0v) is 18.0. The Hall–Kier alpha value is -3.68. The highest BCUT2D eigenvalue weighted by Crippen LogP contribution is 2.18. The van der Waals surface area contributed by atoms with E-state index in [0.717, 1.165) is 0 Å². The fraction of sp³-hybridized carbons (Fsp3) is 0.261. The van der Waals surface area contributed by atoms with Crippen LogP contribution in [0.15, 0.2) is 53.5 Å². The minimum Gasteiger partial charge on any atom is -0.494 e. The molecule has 1 amide bonds. The van der Waals surface area contributed by atoms with Crippen molar-refractivity contribution in [1.29, 1.82) is 0 Å². The second-order valence-electron chi connectivity index (χ2n) is 7.00. The molecule has 2 aromatic carbocycles. The van der Waals surface area contributed by atoms with Crippen molar-refractivity contribution >= 4 is 46.5 Å². The van der Waals surface area contributed by atoms with Crippen molar-refractivity contribution < 1.29 is 29.0 Å². The average Bonchev–Trinajstić information content (AvgIpc) is 2.76. The maximum absolute atomic E-state index is 12.5. The number of ether oxygens (including phenoxy) is 1. The summed E-state index contributed by atoms with van der Waals surface area (Å²) < 4.78 is 5.57. The first kappa shape index (κ1) is 24.6. The lowest BCUT2D eigenvalue weighted by Crippen LogP contribution is -2.24. The van der Waals surface area contributed by atoms with Gasteiger partial charge in [-0.15, -0.1) is 0 Å². The van der Waals surface area contributed by atoms with Crippen molar-refractivity contribution in [2.45, 2.75) is 25.7 Å². The van der Waals surface area contributed by atoms with E-state index in [1.54, 1.807) is 48.5 Å². The van der Waals surface area contributed by atoms with Crippen LogP contribution in [0.4, 0.5) is 5.69 Å². The minimum atomic E-state index is -1.22. The Morgan fingerprint density at radius 3 is 2.12 bits per heavy atom. The van der Waals surface area contributed by atoms with Crippen molar-refractivity contribution in [2.75, 3.05) is 6.61 Å². The molecule has 8 nitrogen and oxygen atoms in total. The number of carbonyl (C=O) groups excluding carboxylic acids is 3. The van der Waals surface area contributed by atoms with E-state index < -0.39 is 17.8 Å². The van der Waals surface area contributed by atoms with E-state index in [-0.39, 0.29) is 37.4 Å². The van der Waals surface area contributed by atoms with Crippen molar-refractivity contribution in [3.8, 4) is 5.75 Å². The van der Waals surface area contributed by atoms with Crippen molar-refractivity contribution in [2.24, 2.45) is 16.6 Å². The number of amides is 1. The van der Waals surface area contributed by atoms with Crippen LogP contribution in [0.1, 0.15) is 41.6 Å². The number of rotatable bonds is 13. The lowest BCUT2D eigenvalue weighted by molar-refractivity contribution is -0.145. The largest absolute Gasteiger partial charge is 0.494 e. The molecule has 0 saturated heterocycles. The lowest BCUT2D eigenvalue weighted by atomic mass is 9.97. The third-order valence-corrected chi connectivity index (χ3v) is 4.65. The van der Waals surface area contributed by atoms with Crippen molar-refractivity contribution in [3.05, 3.63) is 59.7 Å². The fourth-order valence-corrected chi connectivity index (χ4v) is 3.04. The highest BCUT2D eigenvalue weighted by molar-refractivity contribution is 7.78. The number of benzene rings is 2. The number of carboxylic acid groups (broad SMARTS) is 1. The number of carbonyl (C=O) groups is 4. The molecular weight excluding hydrogens is 432 g/mol. The number of primary amides is 1. The number of Topliss-reactive ketones (excluding diaryl/α,β-unsaturated/α-hetero) is 1. The Kier molecular flexibility index (Phi) is 9.41. The average molecular weight is 455 g/mol. The maximum atomic E-state index is 12.5. The van der Waals surface area contributed by atoms with E-state index in [2.05, 4.69) is 22.4 Å². The summed E-state index contributed by atoms with van der Waals surface area (Å²) in [7, 11) is 0. The van der Waals surface area contributed by atoms with Gasteiger partial charge in [-0.05, 0) is 67.2 Å². The van der Waals surface area contributed by atoms with Crippen LogP contribution >= 0.6 is 12.2 Å². The van der Waals surface area contributed by atoms with Crippen LogP contribution in [0.2, 0.25) is 0 Å². The summed E-state index contributed by atoms with van der Waals surface area (Å²) in [5.41, 5.74) is 6.63. The predicted octanol–water partition coefficient (Wildman–Crippen LogP) is 3.35. The highest BCUT2D eigenvalue weighted by Gasteiger charge is 2.23. The van der Waals surface area contributed by atoms with Gasteiger partial charge in [-0.3, -0.25) is 19.2 Å². The number of hydrogen-bond donors (Lipinski definition) is 2. The zero-order valence-electron chi connectivity index (χ0n) is 17.2. The van der Waals surface area contributed by atoms with Crippen LogP contribution in [0.3, 0.4) is 0 Å². The second-order valence-corrected chi connectivity index (χ2v) is 7.19. The number of isothiocyanates is 1. The highest BCUT2D eigenvalue weighted by atomic mass is 32.1. The molecule has 32 heavy (non-hydrogen) atoms. The third-order valence-electron chi connectivity index (χ3n) is 4.56. The summed E-state index contributed by atoms with van der Waals surface area (Å²) in [4.78, 5) is 50.3. The van der Waals surface area contributed by atoms with Crippen LogP contribution in [0, 0.1) is 5.92 Å². The molecular formula is C23H22N2O6S. The van der Waals surface area contributed by atoms with Crippen LogP contribution < -0.4 is 10.5 Å². The number of hydrogen-bond acceptors (Lipinski definition) is 7. The van der Waals surface area contributed by atoms with Gasteiger partial charge in [0.2, 0.25) is 5.91 Å². The Balaban J connectivity index is 1.81.